The average Bonchev–Trinajstić information content (AvgIpc) is 1.63. The maximum Gasteiger partial charge on any atom is 0.314 e. The van der Waals surface area contributed by atoms with Gasteiger partial charge in [-0.05, 0) is 0 Å². The third-order valence-electron chi connectivity index (χ3n) is 0.788. The molecule has 0 aromatic carbocycles. The SMILES string of the molecule is CN(CC(F)F)C(N)=O. The molecule has 5 heteroatoms. The van der Waals surface area contributed by atoms with E-state index in [1.165, 1.54) is 7.05 Å². The maximum atomic E-state index is 11.4. The number of primary amides is 1. The molecule has 0 aromatic rings. The molecule has 0 saturated carbocycles. The lowest BCUT2D eigenvalue weighted by Crippen LogP contribution is -2.35. The molecule has 0 aliphatic carbocycles. The molecule has 0 aliphatic heterocycles. The molecule has 0 bridgehead atoms. The summed E-state index contributed by atoms with van der Waals surface area (Å²) in [5.74, 6) is 0. The van der Waals surface area contributed by atoms with Crippen LogP contribution in [-0.2, 0) is 0 Å². The topological polar surface area (TPSA) is 46.3 Å². The smallest absolute Gasteiger partial charge is 0.314 e. The van der Waals surface area contributed by atoms with Crippen LogP contribution >= 0.6 is 0 Å². The van der Waals surface area contributed by atoms with Gasteiger partial charge in [-0.25, -0.2) is 13.6 Å². The van der Waals surface area contributed by atoms with Crippen LogP contribution in [0.5, 0.6) is 0 Å². The summed E-state index contributed by atoms with van der Waals surface area (Å²) in [5.41, 5.74) is 4.64. The fraction of sp³-hybridized carbons (Fsp3) is 0.750. The molecule has 3 nitrogen and oxygen atoms in total. The van der Waals surface area contributed by atoms with Gasteiger partial charge in [-0.1, -0.05) is 0 Å². The number of hydrogen-bond donors (Lipinski definition) is 1. The van der Waals surface area contributed by atoms with E-state index < -0.39 is 19.0 Å². The van der Waals surface area contributed by atoms with Crippen LogP contribution in [0.25, 0.3) is 0 Å². The molecule has 0 unspecified atom stereocenters. The van der Waals surface area contributed by atoms with Gasteiger partial charge in [-0.15, -0.1) is 0 Å². The number of alkyl halides is 2. The van der Waals surface area contributed by atoms with Gasteiger partial charge >= 0.3 is 6.03 Å². The summed E-state index contributed by atoms with van der Waals surface area (Å²) in [7, 11) is 1.22. The molecule has 9 heavy (non-hydrogen) atoms. The van der Waals surface area contributed by atoms with Crippen molar-refractivity contribution in [3.63, 3.8) is 0 Å². The third-order valence-corrected chi connectivity index (χ3v) is 0.788. The van der Waals surface area contributed by atoms with E-state index in [-0.39, 0.29) is 0 Å². The van der Waals surface area contributed by atoms with Crippen LogP contribution in [-0.4, -0.2) is 30.9 Å². The normalized spacial score (nSPS) is 9.78. The molecule has 0 fully saturated rings. The molecule has 0 aliphatic rings. The zero-order valence-corrected chi connectivity index (χ0v) is 4.97. The molecule has 54 valence electrons. The molecule has 0 saturated heterocycles. The van der Waals surface area contributed by atoms with Crippen molar-refractivity contribution in [3.8, 4) is 0 Å². The summed E-state index contributed by atoms with van der Waals surface area (Å²) in [6, 6.07) is -0.838. The molecule has 0 atom stereocenters. The number of halogens is 2. The summed E-state index contributed by atoms with van der Waals surface area (Å²) in [4.78, 5) is 10.8. The molecule has 0 rings (SSSR count). The number of amides is 2. The first-order chi connectivity index (χ1) is 4.04. The quantitative estimate of drug-likeness (QED) is 0.584. The minimum absolute atomic E-state index is 0.602. The van der Waals surface area contributed by atoms with Gasteiger partial charge in [0.05, 0.1) is 6.54 Å². The highest BCUT2D eigenvalue weighted by atomic mass is 19.3. The third kappa shape index (κ3) is 3.69. The molecular formula is C4H8F2N2O. The Morgan fingerprint density at radius 3 is 2.33 bits per heavy atom. The second kappa shape index (κ2) is 3.21. The molecule has 0 heterocycles. The average molecular weight is 138 g/mol. The van der Waals surface area contributed by atoms with Crippen molar-refractivity contribution < 1.29 is 13.6 Å². The van der Waals surface area contributed by atoms with Gasteiger partial charge in [0, 0.05) is 7.05 Å². The van der Waals surface area contributed by atoms with Crippen LogP contribution in [0.4, 0.5) is 13.6 Å². The van der Waals surface area contributed by atoms with E-state index in [4.69, 9.17) is 0 Å². The van der Waals surface area contributed by atoms with Gasteiger partial charge in [-0.2, -0.15) is 0 Å². The predicted octanol–water partition coefficient (Wildman–Crippen LogP) is 0.262. The summed E-state index contributed by atoms with van der Waals surface area (Å²) in [5, 5.41) is 0. The minimum atomic E-state index is -2.51. The zero-order valence-electron chi connectivity index (χ0n) is 4.97. The van der Waals surface area contributed by atoms with Crippen LogP contribution < -0.4 is 5.73 Å². The van der Waals surface area contributed by atoms with E-state index in [0.29, 0.717) is 0 Å². The fourth-order valence-corrected chi connectivity index (χ4v) is 0.297. The molecular weight excluding hydrogens is 130 g/mol. The van der Waals surface area contributed by atoms with Crippen molar-refractivity contribution in [2.45, 2.75) is 6.43 Å². The Morgan fingerprint density at radius 2 is 2.22 bits per heavy atom. The van der Waals surface area contributed by atoms with Crippen LogP contribution in [0, 0.1) is 0 Å². The van der Waals surface area contributed by atoms with E-state index in [9.17, 15) is 13.6 Å². The van der Waals surface area contributed by atoms with Crippen molar-refractivity contribution in [3.05, 3.63) is 0 Å². The van der Waals surface area contributed by atoms with Crippen LogP contribution in [0.2, 0.25) is 0 Å². The second-order valence-electron chi connectivity index (χ2n) is 1.61. The lowest BCUT2D eigenvalue weighted by molar-refractivity contribution is 0.110. The first-order valence-corrected chi connectivity index (χ1v) is 2.32. The van der Waals surface area contributed by atoms with E-state index in [2.05, 4.69) is 5.73 Å². The Hall–Kier alpha value is -0.870. The number of hydrogen-bond acceptors (Lipinski definition) is 1. The van der Waals surface area contributed by atoms with Crippen molar-refractivity contribution in [2.75, 3.05) is 13.6 Å². The number of nitrogens with zero attached hydrogens (tertiary/aromatic N) is 1. The Bertz CT molecular complexity index is 107. The highest BCUT2D eigenvalue weighted by Gasteiger charge is 2.09. The van der Waals surface area contributed by atoms with Gasteiger partial charge in [0.25, 0.3) is 6.43 Å². The number of rotatable bonds is 2. The highest BCUT2D eigenvalue weighted by Crippen LogP contribution is 1.93. The van der Waals surface area contributed by atoms with Crippen molar-refractivity contribution >= 4 is 6.03 Å². The van der Waals surface area contributed by atoms with Gasteiger partial charge in [0.2, 0.25) is 0 Å². The number of carbonyl (C=O) groups is 1. The monoisotopic (exact) mass is 138 g/mol. The Balaban J connectivity index is 3.50. The Morgan fingerprint density at radius 1 is 1.78 bits per heavy atom. The van der Waals surface area contributed by atoms with Crippen molar-refractivity contribution in [1.82, 2.24) is 4.90 Å². The van der Waals surface area contributed by atoms with Gasteiger partial charge in [-0.3, -0.25) is 0 Å². The minimum Gasteiger partial charge on any atom is -0.351 e. The van der Waals surface area contributed by atoms with E-state index in [0.717, 1.165) is 4.90 Å². The largest absolute Gasteiger partial charge is 0.351 e. The summed E-state index contributed by atoms with van der Waals surface area (Å²) in [6.45, 7) is -0.602. The first-order valence-electron chi connectivity index (χ1n) is 2.32. The van der Waals surface area contributed by atoms with E-state index in [1.807, 2.05) is 0 Å². The lowest BCUT2D eigenvalue weighted by atomic mass is 10.6. The Labute approximate surface area is 51.4 Å². The lowest BCUT2D eigenvalue weighted by Gasteiger charge is -2.11. The first kappa shape index (κ1) is 8.13. The zero-order chi connectivity index (χ0) is 7.44. The van der Waals surface area contributed by atoms with Crippen LogP contribution in [0.1, 0.15) is 0 Å². The summed E-state index contributed by atoms with van der Waals surface area (Å²) in [6.07, 6.45) is -2.51. The second-order valence-corrected chi connectivity index (χ2v) is 1.61. The van der Waals surface area contributed by atoms with Gasteiger partial charge in [0.1, 0.15) is 0 Å². The van der Waals surface area contributed by atoms with E-state index >= 15 is 0 Å². The Kier molecular flexibility index (Phi) is 2.90. The van der Waals surface area contributed by atoms with Crippen molar-refractivity contribution in [1.29, 1.82) is 0 Å². The fourth-order valence-electron chi connectivity index (χ4n) is 0.297. The van der Waals surface area contributed by atoms with E-state index in [1.54, 1.807) is 0 Å². The molecule has 0 radical (unpaired) electrons. The van der Waals surface area contributed by atoms with Crippen LogP contribution in [0.3, 0.4) is 0 Å². The number of nitrogens with two attached hydrogens (primary N) is 1. The van der Waals surface area contributed by atoms with Crippen molar-refractivity contribution in [2.24, 2.45) is 5.73 Å². The summed E-state index contributed by atoms with van der Waals surface area (Å²) >= 11 is 0. The number of carbonyl (C=O) groups excluding carboxylic acids is 1. The number of urea groups is 1. The molecule has 2 N–H and O–H groups in total. The summed E-state index contributed by atoms with van der Waals surface area (Å²) < 4.78 is 22.8. The highest BCUT2D eigenvalue weighted by molar-refractivity contribution is 5.71. The predicted molar refractivity (Wildman–Crippen MR) is 28.2 cm³/mol. The van der Waals surface area contributed by atoms with Crippen LogP contribution in [0.15, 0.2) is 0 Å². The van der Waals surface area contributed by atoms with Gasteiger partial charge < -0.3 is 10.6 Å². The molecule has 2 amide bonds. The maximum absolute atomic E-state index is 11.4. The van der Waals surface area contributed by atoms with Gasteiger partial charge in [0.15, 0.2) is 0 Å². The molecule has 0 aromatic heterocycles. The standard InChI is InChI=1S/C4H8F2N2O/c1-8(4(7)9)2-3(5)6/h3H,2H2,1H3,(H2,7,9). The molecule has 0 spiro atoms.